The Morgan fingerprint density at radius 2 is 1.89 bits per heavy atom. The van der Waals surface area contributed by atoms with Crippen molar-refractivity contribution in [2.24, 2.45) is 4.99 Å². The van der Waals surface area contributed by atoms with E-state index >= 15 is 0 Å². The van der Waals surface area contributed by atoms with Crippen molar-refractivity contribution >= 4 is 34.6 Å². The molecule has 0 bridgehead atoms. The van der Waals surface area contributed by atoms with Crippen molar-refractivity contribution in [2.75, 3.05) is 11.4 Å². The van der Waals surface area contributed by atoms with E-state index in [0.29, 0.717) is 17.3 Å². The van der Waals surface area contributed by atoms with Crippen molar-refractivity contribution in [3.8, 4) is 0 Å². The highest BCUT2D eigenvalue weighted by atomic mass is 35.5. The average Bonchev–Trinajstić information content (AvgIpc) is 2.93. The summed E-state index contributed by atoms with van der Waals surface area (Å²) in [5, 5.41) is 11.5. The number of hydrogen-bond donors (Lipinski definition) is 1. The number of Topliss-reactive ketones (excluding diaryl/α,β-unsaturated/α-hetero) is 1. The van der Waals surface area contributed by atoms with Gasteiger partial charge in [0, 0.05) is 29.2 Å². The van der Waals surface area contributed by atoms with Crippen LogP contribution in [0, 0.1) is 6.92 Å². The summed E-state index contributed by atoms with van der Waals surface area (Å²) in [7, 11) is 0. The number of hydrogen-bond acceptors (Lipinski definition) is 4. The summed E-state index contributed by atoms with van der Waals surface area (Å²) < 4.78 is 39.7. The van der Waals surface area contributed by atoms with Gasteiger partial charge in [-0.2, -0.15) is 13.2 Å². The Kier molecular flexibility index (Phi) is 3.87. The van der Waals surface area contributed by atoms with Crippen LogP contribution in [0.25, 0.3) is 0 Å². The maximum absolute atomic E-state index is 13.2. The number of aliphatic imine (C=N–C) groups is 1. The van der Waals surface area contributed by atoms with Gasteiger partial charge in [0.15, 0.2) is 5.60 Å². The van der Waals surface area contributed by atoms with Crippen LogP contribution < -0.4 is 4.90 Å². The van der Waals surface area contributed by atoms with Gasteiger partial charge in [0.05, 0.1) is 11.3 Å². The SMILES string of the molecule is Cc1cc2c(cc1C(F)(F)F)N=C1N(c3ccc(Cl)cc3)CCC1(O)C2=O. The van der Waals surface area contributed by atoms with Crippen molar-refractivity contribution in [1.29, 1.82) is 0 Å². The third-order valence-corrected chi connectivity index (χ3v) is 5.21. The molecule has 0 aromatic heterocycles. The third-order valence-electron chi connectivity index (χ3n) is 4.96. The van der Waals surface area contributed by atoms with Crippen molar-refractivity contribution in [2.45, 2.75) is 25.1 Å². The number of carbonyl (C=O) groups excluding carboxylic acids is 1. The Bertz CT molecular complexity index is 986. The number of ketones is 1. The molecule has 2 heterocycles. The minimum atomic E-state index is -4.55. The Hall–Kier alpha value is -2.38. The van der Waals surface area contributed by atoms with Gasteiger partial charge >= 0.3 is 6.18 Å². The number of alkyl halides is 3. The van der Waals surface area contributed by atoms with Gasteiger partial charge in [0.2, 0.25) is 5.78 Å². The number of anilines is 1. The van der Waals surface area contributed by atoms with E-state index in [1.54, 1.807) is 29.2 Å². The van der Waals surface area contributed by atoms with Crippen LogP contribution in [-0.2, 0) is 6.18 Å². The summed E-state index contributed by atoms with van der Waals surface area (Å²) in [5.74, 6) is -0.588. The normalized spacial score (nSPS) is 21.8. The van der Waals surface area contributed by atoms with Gasteiger partial charge in [-0.25, -0.2) is 4.99 Å². The average molecular weight is 395 g/mol. The molecule has 1 N–H and O–H groups in total. The molecule has 2 aromatic rings. The number of carbonyl (C=O) groups is 1. The molecular formula is C19H14ClF3N2O2. The number of aliphatic hydroxyl groups is 1. The minimum absolute atomic E-state index is 0.00436. The first-order chi connectivity index (χ1) is 12.6. The Labute approximate surface area is 157 Å². The van der Waals surface area contributed by atoms with Crippen LogP contribution in [0.15, 0.2) is 41.4 Å². The standard InChI is InChI=1S/C19H14ClF3N2O2/c1-10-8-13-15(9-14(10)19(21,22)23)24-17-18(27,16(13)26)6-7-25(17)12-4-2-11(20)3-5-12/h2-5,8-9,27H,6-7H2,1H3. The van der Waals surface area contributed by atoms with Gasteiger partial charge in [-0.15, -0.1) is 0 Å². The zero-order valence-electron chi connectivity index (χ0n) is 14.1. The molecule has 1 unspecified atom stereocenters. The number of aryl methyl sites for hydroxylation is 1. The van der Waals surface area contributed by atoms with Crippen LogP contribution in [0.3, 0.4) is 0 Å². The van der Waals surface area contributed by atoms with Gasteiger partial charge in [0.1, 0.15) is 5.84 Å². The first-order valence-electron chi connectivity index (χ1n) is 8.22. The molecule has 2 aliphatic rings. The molecule has 8 heteroatoms. The van der Waals surface area contributed by atoms with Gasteiger partial charge < -0.3 is 10.0 Å². The second-order valence-corrected chi connectivity index (χ2v) is 7.12. The fourth-order valence-electron chi connectivity index (χ4n) is 3.57. The molecule has 1 fully saturated rings. The quantitative estimate of drug-likeness (QED) is 0.772. The topological polar surface area (TPSA) is 52.9 Å². The maximum atomic E-state index is 13.2. The van der Waals surface area contributed by atoms with Crippen molar-refractivity contribution < 1.29 is 23.1 Å². The number of fused-ring (bicyclic) bond motifs is 2. The molecule has 27 heavy (non-hydrogen) atoms. The van der Waals surface area contributed by atoms with E-state index in [-0.39, 0.29) is 29.1 Å². The zero-order valence-corrected chi connectivity index (χ0v) is 14.9. The number of amidine groups is 1. The molecule has 2 aliphatic heterocycles. The third kappa shape index (κ3) is 2.73. The lowest BCUT2D eigenvalue weighted by molar-refractivity contribution is -0.138. The van der Waals surface area contributed by atoms with E-state index < -0.39 is 23.1 Å². The predicted molar refractivity (Wildman–Crippen MR) is 96.0 cm³/mol. The van der Waals surface area contributed by atoms with Gasteiger partial charge in [-0.1, -0.05) is 11.6 Å². The molecule has 4 nitrogen and oxygen atoms in total. The fraction of sp³-hybridized carbons (Fsp3) is 0.263. The second kappa shape index (κ2) is 5.81. The van der Waals surface area contributed by atoms with Crippen LogP contribution >= 0.6 is 11.6 Å². The predicted octanol–water partition coefficient (Wildman–Crippen LogP) is 4.53. The summed E-state index contributed by atoms with van der Waals surface area (Å²) in [6, 6.07) is 8.73. The Balaban J connectivity index is 1.88. The second-order valence-electron chi connectivity index (χ2n) is 6.68. The molecule has 0 spiro atoms. The van der Waals surface area contributed by atoms with E-state index in [0.717, 1.165) is 12.1 Å². The Morgan fingerprint density at radius 3 is 2.52 bits per heavy atom. The van der Waals surface area contributed by atoms with E-state index in [9.17, 15) is 23.1 Å². The molecule has 0 amide bonds. The van der Waals surface area contributed by atoms with E-state index in [4.69, 9.17) is 11.6 Å². The fourth-order valence-corrected chi connectivity index (χ4v) is 3.69. The number of rotatable bonds is 1. The van der Waals surface area contributed by atoms with Crippen LogP contribution in [0.4, 0.5) is 24.5 Å². The van der Waals surface area contributed by atoms with Crippen LogP contribution in [0.5, 0.6) is 0 Å². The maximum Gasteiger partial charge on any atom is 0.416 e. The lowest BCUT2D eigenvalue weighted by atomic mass is 9.86. The monoisotopic (exact) mass is 394 g/mol. The molecule has 0 aliphatic carbocycles. The van der Waals surface area contributed by atoms with E-state index in [1.807, 2.05) is 0 Å². The van der Waals surface area contributed by atoms with E-state index in [2.05, 4.69) is 4.99 Å². The number of halogens is 4. The largest absolute Gasteiger partial charge is 0.416 e. The van der Waals surface area contributed by atoms with Gasteiger partial charge in [-0.05, 0) is 48.9 Å². The minimum Gasteiger partial charge on any atom is -0.374 e. The molecule has 140 valence electrons. The van der Waals surface area contributed by atoms with Crippen LogP contribution in [-0.4, -0.2) is 28.9 Å². The molecule has 4 rings (SSSR count). The highest BCUT2D eigenvalue weighted by Crippen LogP contribution is 2.43. The van der Waals surface area contributed by atoms with Gasteiger partial charge in [-0.3, -0.25) is 4.79 Å². The summed E-state index contributed by atoms with van der Waals surface area (Å²) in [5.41, 5.74) is -2.21. The first-order valence-corrected chi connectivity index (χ1v) is 8.60. The summed E-state index contributed by atoms with van der Waals surface area (Å²) >= 11 is 5.89. The van der Waals surface area contributed by atoms with Crippen molar-refractivity contribution in [3.05, 3.63) is 58.1 Å². The summed E-state index contributed by atoms with van der Waals surface area (Å²) in [4.78, 5) is 18.8. The summed E-state index contributed by atoms with van der Waals surface area (Å²) in [6.45, 7) is 1.59. The molecule has 0 radical (unpaired) electrons. The van der Waals surface area contributed by atoms with Crippen molar-refractivity contribution in [1.82, 2.24) is 0 Å². The van der Waals surface area contributed by atoms with Crippen molar-refractivity contribution in [3.63, 3.8) is 0 Å². The van der Waals surface area contributed by atoms with Crippen LogP contribution in [0.1, 0.15) is 27.9 Å². The number of benzene rings is 2. The molecule has 2 aromatic carbocycles. The molecule has 1 atom stereocenters. The Morgan fingerprint density at radius 1 is 1.22 bits per heavy atom. The van der Waals surface area contributed by atoms with E-state index in [1.165, 1.54) is 6.92 Å². The molecule has 1 saturated heterocycles. The highest BCUT2D eigenvalue weighted by molar-refractivity contribution is 6.31. The molecule has 0 saturated carbocycles. The van der Waals surface area contributed by atoms with Gasteiger partial charge in [0.25, 0.3) is 0 Å². The lowest BCUT2D eigenvalue weighted by Crippen LogP contribution is -2.48. The first kappa shape index (κ1) is 18.0. The highest BCUT2D eigenvalue weighted by Gasteiger charge is 2.52. The summed E-state index contributed by atoms with van der Waals surface area (Å²) in [6.07, 6.45) is -4.45. The molecular weight excluding hydrogens is 381 g/mol. The number of nitrogens with zero attached hydrogens (tertiary/aromatic N) is 2. The smallest absolute Gasteiger partial charge is 0.374 e. The lowest BCUT2D eigenvalue weighted by Gasteiger charge is -2.30. The zero-order chi connectivity index (χ0) is 19.6. The van der Waals surface area contributed by atoms with Crippen LogP contribution in [0.2, 0.25) is 5.02 Å².